The van der Waals surface area contributed by atoms with E-state index < -0.39 is 0 Å². The minimum atomic E-state index is 0.508. The van der Waals surface area contributed by atoms with Crippen LogP contribution in [-0.2, 0) is 6.54 Å². The first-order valence-corrected chi connectivity index (χ1v) is 5.88. The maximum absolute atomic E-state index is 5.60. The molecule has 0 amide bonds. The lowest BCUT2D eigenvalue weighted by molar-refractivity contribution is 0.516. The van der Waals surface area contributed by atoms with Crippen molar-refractivity contribution >= 4 is 11.8 Å². The molecule has 1 rings (SSSR count). The predicted octanol–water partition coefficient (Wildman–Crippen LogP) is 1.66. The molecular weight excluding hydrogens is 182 g/mol. The van der Waals surface area contributed by atoms with E-state index in [2.05, 4.69) is 22.7 Å². The Morgan fingerprint density at radius 2 is 2.46 bits per heavy atom. The number of hydrogen-bond donors (Lipinski definition) is 1. The Morgan fingerprint density at radius 3 is 3.08 bits per heavy atom. The van der Waals surface area contributed by atoms with Crippen molar-refractivity contribution in [2.75, 3.05) is 12.0 Å². The molecule has 4 heteroatoms. The zero-order chi connectivity index (χ0) is 9.68. The SMILES string of the molecule is CSCCC(C)n1cncc1CN. The number of nitrogens with zero attached hydrogens (tertiary/aromatic N) is 2. The summed E-state index contributed by atoms with van der Waals surface area (Å²) in [5.74, 6) is 1.18. The van der Waals surface area contributed by atoms with Crippen molar-refractivity contribution in [3.05, 3.63) is 18.2 Å². The van der Waals surface area contributed by atoms with Gasteiger partial charge in [0, 0.05) is 18.8 Å². The molecule has 0 aliphatic heterocycles. The van der Waals surface area contributed by atoms with Gasteiger partial charge in [-0.3, -0.25) is 0 Å². The van der Waals surface area contributed by atoms with E-state index in [-0.39, 0.29) is 0 Å². The van der Waals surface area contributed by atoms with Crippen LogP contribution in [0.2, 0.25) is 0 Å². The molecule has 74 valence electrons. The van der Waals surface area contributed by atoms with Crippen LogP contribution in [0, 0.1) is 0 Å². The van der Waals surface area contributed by atoms with Gasteiger partial charge in [0.25, 0.3) is 0 Å². The average Bonchev–Trinajstić information content (AvgIpc) is 2.61. The van der Waals surface area contributed by atoms with E-state index in [1.165, 1.54) is 12.2 Å². The number of thioether (sulfide) groups is 1. The molecule has 0 aliphatic rings. The van der Waals surface area contributed by atoms with E-state index in [0.717, 1.165) is 5.69 Å². The third-order valence-corrected chi connectivity index (χ3v) is 2.81. The summed E-state index contributed by atoms with van der Waals surface area (Å²) in [5, 5.41) is 0. The molecule has 0 radical (unpaired) electrons. The fraction of sp³-hybridized carbons (Fsp3) is 0.667. The number of aromatic nitrogens is 2. The largest absolute Gasteiger partial charge is 0.331 e. The van der Waals surface area contributed by atoms with Crippen molar-refractivity contribution in [3.8, 4) is 0 Å². The summed E-state index contributed by atoms with van der Waals surface area (Å²) in [6.07, 6.45) is 7.01. The molecule has 0 spiro atoms. The molecule has 13 heavy (non-hydrogen) atoms. The number of imidazole rings is 1. The Morgan fingerprint density at radius 1 is 1.69 bits per heavy atom. The van der Waals surface area contributed by atoms with Gasteiger partial charge in [0.05, 0.1) is 12.0 Å². The molecule has 0 fully saturated rings. The standard InChI is InChI=1S/C9H17N3S/c1-8(3-4-13-2)12-7-11-6-9(12)5-10/h6-8H,3-5,10H2,1-2H3. The minimum absolute atomic E-state index is 0.508. The predicted molar refractivity (Wildman–Crippen MR) is 57.8 cm³/mol. The summed E-state index contributed by atoms with van der Waals surface area (Å²) < 4.78 is 2.16. The highest BCUT2D eigenvalue weighted by atomic mass is 32.2. The molecule has 2 N–H and O–H groups in total. The average molecular weight is 199 g/mol. The lowest BCUT2D eigenvalue weighted by atomic mass is 10.2. The van der Waals surface area contributed by atoms with Crippen molar-refractivity contribution in [1.29, 1.82) is 0 Å². The van der Waals surface area contributed by atoms with E-state index in [9.17, 15) is 0 Å². The third-order valence-electron chi connectivity index (χ3n) is 2.17. The Balaban J connectivity index is 2.59. The van der Waals surface area contributed by atoms with Gasteiger partial charge in [-0.15, -0.1) is 0 Å². The van der Waals surface area contributed by atoms with Crippen LogP contribution >= 0.6 is 11.8 Å². The summed E-state index contributed by atoms with van der Waals surface area (Å²) in [5.41, 5.74) is 6.71. The van der Waals surface area contributed by atoms with Gasteiger partial charge in [-0.05, 0) is 25.4 Å². The van der Waals surface area contributed by atoms with Gasteiger partial charge in [0.1, 0.15) is 0 Å². The highest BCUT2D eigenvalue weighted by Gasteiger charge is 2.07. The van der Waals surface area contributed by atoms with Crippen LogP contribution in [0.4, 0.5) is 0 Å². The van der Waals surface area contributed by atoms with Crippen LogP contribution in [0.5, 0.6) is 0 Å². The fourth-order valence-corrected chi connectivity index (χ4v) is 1.89. The van der Waals surface area contributed by atoms with Crippen LogP contribution in [-0.4, -0.2) is 21.6 Å². The lowest BCUT2D eigenvalue weighted by Gasteiger charge is -2.14. The Hall–Kier alpha value is -0.480. The maximum atomic E-state index is 5.60. The van der Waals surface area contributed by atoms with Crippen molar-refractivity contribution < 1.29 is 0 Å². The van der Waals surface area contributed by atoms with Gasteiger partial charge in [-0.25, -0.2) is 4.98 Å². The molecule has 1 unspecified atom stereocenters. The van der Waals surface area contributed by atoms with Crippen LogP contribution < -0.4 is 5.73 Å². The second kappa shape index (κ2) is 5.29. The number of hydrogen-bond acceptors (Lipinski definition) is 3. The quantitative estimate of drug-likeness (QED) is 0.784. The Labute approximate surface area is 83.7 Å². The van der Waals surface area contributed by atoms with Crippen LogP contribution in [0.1, 0.15) is 25.1 Å². The van der Waals surface area contributed by atoms with E-state index >= 15 is 0 Å². The molecule has 1 atom stereocenters. The number of rotatable bonds is 5. The first kappa shape index (κ1) is 10.6. The second-order valence-electron chi connectivity index (χ2n) is 3.13. The molecule has 1 aromatic heterocycles. The topological polar surface area (TPSA) is 43.8 Å². The fourth-order valence-electron chi connectivity index (χ4n) is 1.31. The Kier molecular flexibility index (Phi) is 4.32. The lowest BCUT2D eigenvalue weighted by Crippen LogP contribution is -2.11. The third kappa shape index (κ3) is 2.74. The first-order chi connectivity index (χ1) is 6.29. The summed E-state index contributed by atoms with van der Waals surface area (Å²) in [4.78, 5) is 4.10. The molecule has 3 nitrogen and oxygen atoms in total. The van der Waals surface area contributed by atoms with Crippen molar-refractivity contribution in [1.82, 2.24) is 9.55 Å². The summed E-state index contributed by atoms with van der Waals surface area (Å²) in [6, 6.07) is 0.508. The molecule has 0 saturated carbocycles. The summed E-state index contributed by atoms with van der Waals surface area (Å²) >= 11 is 1.88. The zero-order valence-corrected chi connectivity index (χ0v) is 9.05. The molecule has 0 aliphatic carbocycles. The normalized spacial score (nSPS) is 13.2. The highest BCUT2D eigenvalue weighted by molar-refractivity contribution is 7.98. The first-order valence-electron chi connectivity index (χ1n) is 4.49. The number of nitrogens with two attached hydrogens (primary N) is 1. The van der Waals surface area contributed by atoms with Crippen molar-refractivity contribution in [2.45, 2.75) is 25.9 Å². The maximum Gasteiger partial charge on any atom is 0.0951 e. The van der Waals surface area contributed by atoms with Gasteiger partial charge in [0.2, 0.25) is 0 Å². The van der Waals surface area contributed by atoms with E-state index in [0.29, 0.717) is 12.6 Å². The van der Waals surface area contributed by atoms with Crippen LogP contribution in [0.3, 0.4) is 0 Å². The minimum Gasteiger partial charge on any atom is -0.331 e. The molecule has 1 heterocycles. The summed E-state index contributed by atoms with van der Waals surface area (Å²) in [7, 11) is 0. The highest BCUT2D eigenvalue weighted by Crippen LogP contribution is 2.15. The van der Waals surface area contributed by atoms with E-state index in [4.69, 9.17) is 5.73 Å². The van der Waals surface area contributed by atoms with Gasteiger partial charge in [-0.1, -0.05) is 0 Å². The molecular formula is C9H17N3S. The second-order valence-corrected chi connectivity index (χ2v) is 4.11. The molecule has 1 aromatic rings. The van der Waals surface area contributed by atoms with Gasteiger partial charge >= 0.3 is 0 Å². The van der Waals surface area contributed by atoms with E-state index in [1.54, 1.807) is 0 Å². The molecule has 0 saturated heterocycles. The smallest absolute Gasteiger partial charge is 0.0951 e. The zero-order valence-electron chi connectivity index (χ0n) is 8.23. The molecule has 0 aromatic carbocycles. The van der Waals surface area contributed by atoms with Crippen LogP contribution in [0.25, 0.3) is 0 Å². The van der Waals surface area contributed by atoms with Crippen molar-refractivity contribution in [3.63, 3.8) is 0 Å². The summed E-state index contributed by atoms with van der Waals surface area (Å²) in [6.45, 7) is 2.78. The van der Waals surface area contributed by atoms with Gasteiger partial charge in [0.15, 0.2) is 0 Å². The monoisotopic (exact) mass is 199 g/mol. The van der Waals surface area contributed by atoms with E-state index in [1.807, 2.05) is 24.3 Å². The van der Waals surface area contributed by atoms with Gasteiger partial charge < -0.3 is 10.3 Å². The van der Waals surface area contributed by atoms with Crippen LogP contribution in [0.15, 0.2) is 12.5 Å². The molecule has 0 bridgehead atoms. The van der Waals surface area contributed by atoms with Crippen molar-refractivity contribution in [2.24, 2.45) is 5.73 Å². The van der Waals surface area contributed by atoms with Gasteiger partial charge in [-0.2, -0.15) is 11.8 Å². The Bertz CT molecular complexity index is 247.